The van der Waals surface area contributed by atoms with E-state index in [-0.39, 0.29) is 11.0 Å². The van der Waals surface area contributed by atoms with Gasteiger partial charge in [-0.15, -0.1) is 0 Å². The number of piperazine rings is 1. The quantitative estimate of drug-likeness (QED) is 0.854. The minimum atomic E-state index is -4.10. The van der Waals surface area contributed by atoms with Crippen molar-refractivity contribution >= 4 is 0 Å². The maximum atomic E-state index is 12.3. The van der Waals surface area contributed by atoms with Crippen LogP contribution in [0.3, 0.4) is 0 Å². The smallest absolute Gasteiger partial charge is 0.325 e. The summed E-state index contributed by atoms with van der Waals surface area (Å²) in [4.78, 5) is 3.68. The third-order valence-electron chi connectivity index (χ3n) is 4.23. The molecule has 0 saturated carbocycles. The molecule has 0 atom stereocenters. The molecule has 0 unspecified atom stereocenters. The van der Waals surface area contributed by atoms with E-state index in [1.807, 2.05) is 13.8 Å². The zero-order valence-corrected chi connectivity index (χ0v) is 12.3. The predicted molar refractivity (Wildman–Crippen MR) is 71.0 cm³/mol. The largest absolute Gasteiger partial charge is 0.401 e. The van der Waals surface area contributed by atoms with Gasteiger partial charge in [0, 0.05) is 38.3 Å². The van der Waals surface area contributed by atoms with E-state index in [9.17, 15) is 13.2 Å². The van der Waals surface area contributed by atoms with Crippen LogP contribution in [0.5, 0.6) is 0 Å². The second-order valence-electron chi connectivity index (χ2n) is 6.77. The molecule has 0 aromatic heterocycles. The van der Waals surface area contributed by atoms with Crippen molar-refractivity contribution in [3.8, 4) is 0 Å². The van der Waals surface area contributed by atoms with Crippen LogP contribution < -0.4 is 5.73 Å². The van der Waals surface area contributed by atoms with E-state index in [4.69, 9.17) is 5.73 Å². The van der Waals surface area contributed by atoms with Gasteiger partial charge in [-0.3, -0.25) is 4.90 Å². The highest BCUT2D eigenvalue weighted by atomic mass is 19.4. The minimum Gasteiger partial charge on any atom is -0.325 e. The Morgan fingerprint density at radius 2 is 1.21 bits per heavy atom. The lowest BCUT2D eigenvalue weighted by molar-refractivity contribution is -0.149. The molecule has 19 heavy (non-hydrogen) atoms. The summed E-state index contributed by atoms with van der Waals surface area (Å²) in [6, 6.07) is 0. The van der Waals surface area contributed by atoms with Crippen LogP contribution in [-0.4, -0.2) is 60.8 Å². The summed E-state index contributed by atoms with van der Waals surface area (Å²) in [5.74, 6) is 0. The van der Waals surface area contributed by atoms with Crippen LogP contribution in [0.1, 0.15) is 27.7 Å². The molecule has 1 rings (SSSR count). The maximum absolute atomic E-state index is 12.3. The van der Waals surface area contributed by atoms with E-state index in [1.165, 1.54) is 4.90 Å². The average molecular weight is 281 g/mol. The second kappa shape index (κ2) is 5.58. The summed E-state index contributed by atoms with van der Waals surface area (Å²) in [5, 5.41) is 0. The minimum absolute atomic E-state index is 0.0702. The first-order valence-electron chi connectivity index (χ1n) is 6.71. The Morgan fingerprint density at radius 3 is 1.53 bits per heavy atom. The van der Waals surface area contributed by atoms with Gasteiger partial charge >= 0.3 is 6.18 Å². The molecule has 0 aliphatic carbocycles. The molecule has 0 aromatic carbocycles. The normalized spacial score (nSPS) is 20.8. The van der Waals surface area contributed by atoms with Crippen LogP contribution in [0.25, 0.3) is 0 Å². The van der Waals surface area contributed by atoms with E-state index >= 15 is 0 Å². The Balaban J connectivity index is 2.43. The fraction of sp³-hybridized carbons (Fsp3) is 1.00. The molecule has 0 amide bonds. The Morgan fingerprint density at radius 1 is 0.842 bits per heavy atom. The molecule has 1 aliphatic rings. The zero-order valence-electron chi connectivity index (χ0n) is 12.3. The van der Waals surface area contributed by atoms with E-state index in [2.05, 4.69) is 18.7 Å². The van der Waals surface area contributed by atoms with Crippen molar-refractivity contribution < 1.29 is 13.2 Å². The first kappa shape index (κ1) is 16.7. The Labute approximate surface area is 113 Å². The van der Waals surface area contributed by atoms with E-state index < -0.39 is 12.7 Å². The maximum Gasteiger partial charge on any atom is 0.401 e. The monoisotopic (exact) mass is 281 g/mol. The van der Waals surface area contributed by atoms with Crippen molar-refractivity contribution in [1.82, 2.24) is 9.80 Å². The molecule has 6 heteroatoms. The third-order valence-corrected chi connectivity index (χ3v) is 4.23. The summed E-state index contributed by atoms with van der Waals surface area (Å²) in [5.41, 5.74) is 5.78. The molecular formula is C13H26F3N3. The van der Waals surface area contributed by atoms with Crippen molar-refractivity contribution in [3.63, 3.8) is 0 Å². The average Bonchev–Trinajstić information content (AvgIpc) is 2.16. The number of hydrogen-bond donors (Lipinski definition) is 1. The molecule has 1 fully saturated rings. The molecule has 0 aromatic rings. The van der Waals surface area contributed by atoms with Gasteiger partial charge < -0.3 is 10.6 Å². The lowest BCUT2D eigenvalue weighted by Gasteiger charge is -2.44. The Bertz CT molecular complexity index is 286. The van der Waals surface area contributed by atoms with Gasteiger partial charge in [0.25, 0.3) is 0 Å². The number of alkyl halides is 3. The number of nitrogens with zero attached hydrogens (tertiary/aromatic N) is 2. The highest BCUT2D eigenvalue weighted by molar-refractivity contribution is 4.93. The predicted octanol–water partition coefficient (Wildman–Crippen LogP) is 1.93. The van der Waals surface area contributed by atoms with Crippen molar-refractivity contribution in [2.75, 3.05) is 39.3 Å². The number of rotatable bonds is 4. The molecule has 3 nitrogen and oxygen atoms in total. The van der Waals surface area contributed by atoms with Crippen LogP contribution in [-0.2, 0) is 0 Å². The van der Waals surface area contributed by atoms with Gasteiger partial charge in [-0.05, 0) is 19.3 Å². The number of nitrogens with two attached hydrogens (primary N) is 1. The molecule has 0 spiro atoms. The van der Waals surface area contributed by atoms with Crippen LogP contribution in [0, 0.1) is 5.41 Å². The molecular weight excluding hydrogens is 255 g/mol. The van der Waals surface area contributed by atoms with E-state index in [0.29, 0.717) is 26.2 Å². The summed E-state index contributed by atoms with van der Waals surface area (Å²) in [6.07, 6.45) is -4.10. The molecule has 0 radical (unpaired) electrons. The molecule has 2 N–H and O–H groups in total. The van der Waals surface area contributed by atoms with Crippen LogP contribution >= 0.6 is 0 Å². The summed E-state index contributed by atoms with van der Waals surface area (Å²) >= 11 is 0. The molecule has 114 valence electrons. The molecule has 1 saturated heterocycles. The van der Waals surface area contributed by atoms with Crippen molar-refractivity contribution in [2.24, 2.45) is 11.1 Å². The Hall–Kier alpha value is -0.330. The van der Waals surface area contributed by atoms with Gasteiger partial charge in [-0.2, -0.15) is 13.2 Å². The molecule has 1 aliphatic heterocycles. The van der Waals surface area contributed by atoms with Gasteiger partial charge in [0.1, 0.15) is 0 Å². The Kier molecular flexibility index (Phi) is 4.91. The van der Waals surface area contributed by atoms with Crippen LogP contribution in [0.2, 0.25) is 0 Å². The van der Waals surface area contributed by atoms with Gasteiger partial charge in [0.2, 0.25) is 0 Å². The van der Waals surface area contributed by atoms with E-state index in [1.54, 1.807) is 0 Å². The summed E-state index contributed by atoms with van der Waals surface area (Å²) < 4.78 is 36.9. The lowest BCUT2D eigenvalue weighted by atomic mass is 9.75. The number of hydrogen-bond acceptors (Lipinski definition) is 3. The highest BCUT2D eigenvalue weighted by Crippen LogP contribution is 2.29. The first-order valence-corrected chi connectivity index (χ1v) is 6.71. The van der Waals surface area contributed by atoms with Gasteiger partial charge in [-0.25, -0.2) is 0 Å². The van der Waals surface area contributed by atoms with Crippen molar-refractivity contribution in [1.29, 1.82) is 0 Å². The SMILES string of the molecule is CC(C)(N)C(C)(C)CN1CCN(CC(F)(F)F)CC1. The van der Waals surface area contributed by atoms with Crippen LogP contribution in [0.15, 0.2) is 0 Å². The fourth-order valence-corrected chi connectivity index (χ4v) is 2.12. The van der Waals surface area contributed by atoms with Gasteiger partial charge in [0.15, 0.2) is 0 Å². The fourth-order valence-electron chi connectivity index (χ4n) is 2.12. The highest BCUT2D eigenvalue weighted by Gasteiger charge is 2.37. The lowest BCUT2D eigenvalue weighted by Crippen LogP contribution is -2.56. The van der Waals surface area contributed by atoms with Gasteiger partial charge in [-0.1, -0.05) is 13.8 Å². The molecule has 0 bridgehead atoms. The first-order chi connectivity index (χ1) is 8.41. The zero-order chi connectivity index (χ0) is 14.9. The second-order valence-corrected chi connectivity index (χ2v) is 6.77. The summed E-state index contributed by atoms with van der Waals surface area (Å²) in [6.45, 7) is 10.5. The molecule has 1 heterocycles. The topological polar surface area (TPSA) is 32.5 Å². The van der Waals surface area contributed by atoms with E-state index in [0.717, 1.165) is 6.54 Å². The third kappa shape index (κ3) is 5.28. The van der Waals surface area contributed by atoms with Crippen molar-refractivity contribution in [2.45, 2.75) is 39.4 Å². The van der Waals surface area contributed by atoms with Crippen molar-refractivity contribution in [3.05, 3.63) is 0 Å². The number of halogens is 3. The standard InChI is InChI=1S/C13H26F3N3/c1-11(2,12(3,4)17)9-18-5-7-19(8-6-18)10-13(14,15)16/h5-10,17H2,1-4H3. The van der Waals surface area contributed by atoms with Crippen LogP contribution in [0.4, 0.5) is 13.2 Å². The van der Waals surface area contributed by atoms with Gasteiger partial charge in [0.05, 0.1) is 6.54 Å². The summed E-state index contributed by atoms with van der Waals surface area (Å²) in [7, 11) is 0.